The Morgan fingerprint density at radius 2 is 2.18 bits per heavy atom. The molecule has 0 radical (unpaired) electrons. The van der Waals surface area contributed by atoms with Gasteiger partial charge >= 0.3 is 0 Å². The first-order chi connectivity index (χ1) is 8.22. The summed E-state index contributed by atoms with van der Waals surface area (Å²) in [7, 11) is 0. The van der Waals surface area contributed by atoms with Gasteiger partial charge in [0.2, 0.25) is 11.9 Å². The molecule has 1 unspecified atom stereocenters. The molecule has 2 N–H and O–H groups in total. The summed E-state index contributed by atoms with van der Waals surface area (Å²) >= 11 is 0. The maximum atomic E-state index is 11.7. The van der Waals surface area contributed by atoms with E-state index in [9.17, 15) is 9.59 Å². The minimum absolute atomic E-state index is 0.222. The van der Waals surface area contributed by atoms with E-state index >= 15 is 0 Å². The van der Waals surface area contributed by atoms with Crippen LogP contribution in [0, 0.1) is 5.92 Å². The average molecular weight is 238 g/mol. The van der Waals surface area contributed by atoms with E-state index in [0.717, 1.165) is 32.6 Å². The third-order valence-corrected chi connectivity index (χ3v) is 3.11. The van der Waals surface area contributed by atoms with Gasteiger partial charge < -0.3 is 10.2 Å². The first kappa shape index (κ1) is 12.0. The van der Waals surface area contributed by atoms with Gasteiger partial charge in [0.15, 0.2) is 0 Å². The Labute approximate surface area is 100 Å². The molecule has 0 aromatic heterocycles. The minimum Gasteiger partial charge on any atom is -0.341 e. The zero-order valence-electron chi connectivity index (χ0n) is 10.0. The fraction of sp³-hybridized carbons (Fsp3) is 0.727. The van der Waals surface area contributed by atoms with Crippen LogP contribution in [0.15, 0.2) is 4.99 Å². The molecule has 2 rings (SSSR count). The predicted octanol–water partition coefficient (Wildman–Crippen LogP) is -0.680. The van der Waals surface area contributed by atoms with Gasteiger partial charge in [0.25, 0.3) is 5.91 Å². The van der Waals surface area contributed by atoms with Crippen LogP contribution in [0.2, 0.25) is 0 Å². The fourth-order valence-electron chi connectivity index (χ4n) is 2.09. The zero-order valence-corrected chi connectivity index (χ0v) is 10.0. The molecule has 1 saturated heterocycles. The summed E-state index contributed by atoms with van der Waals surface area (Å²) in [5.74, 6) is -0.722. The minimum atomic E-state index is -0.608. The topological polar surface area (TPSA) is 73.8 Å². The molecule has 17 heavy (non-hydrogen) atoms. The van der Waals surface area contributed by atoms with Crippen LogP contribution >= 0.6 is 0 Å². The Bertz CT molecular complexity index is 345. The number of aliphatic imine (C=N–C) groups is 1. The van der Waals surface area contributed by atoms with Crippen LogP contribution in [0.3, 0.4) is 0 Å². The summed E-state index contributed by atoms with van der Waals surface area (Å²) < 4.78 is 0. The molecule has 0 aromatic rings. The van der Waals surface area contributed by atoms with Gasteiger partial charge in [0.05, 0.1) is 0 Å². The Balaban J connectivity index is 2.10. The van der Waals surface area contributed by atoms with Crippen molar-refractivity contribution in [1.82, 2.24) is 15.5 Å². The maximum absolute atomic E-state index is 11.7. The molecule has 2 amide bonds. The number of carbonyl (C=O) groups is 2. The van der Waals surface area contributed by atoms with Crippen LogP contribution in [0.5, 0.6) is 0 Å². The highest BCUT2D eigenvalue weighted by Crippen LogP contribution is 2.11. The number of hydrogen-bond acceptors (Lipinski definition) is 4. The largest absolute Gasteiger partial charge is 0.341 e. The van der Waals surface area contributed by atoms with Crippen LogP contribution in [-0.2, 0) is 9.59 Å². The summed E-state index contributed by atoms with van der Waals surface area (Å²) in [5.41, 5.74) is 0. The Morgan fingerprint density at radius 1 is 1.35 bits per heavy atom. The van der Waals surface area contributed by atoms with E-state index in [2.05, 4.69) is 15.6 Å². The van der Waals surface area contributed by atoms with E-state index in [1.807, 2.05) is 11.8 Å². The molecular weight excluding hydrogens is 220 g/mol. The molecule has 2 aliphatic rings. The van der Waals surface area contributed by atoms with Crippen molar-refractivity contribution in [3.8, 4) is 0 Å². The van der Waals surface area contributed by atoms with Crippen LogP contribution in [0.25, 0.3) is 0 Å². The van der Waals surface area contributed by atoms with Crippen molar-refractivity contribution < 1.29 is 9.59 Å². The highest BCUT2D eigenvalue weighted by atomic mass is 16.2. The van der Waals surface area contributed by atoms with E-state index in [-0.39, 0.29) is 11.8 Å². The van der Waals surface area contributed by atoms with Crippen LogP contribution < -0.4 is 10.6 Å². The van der Waals surface area contributed by atoms with Gasteiger partial charge in [-0.3, -0.25) is 14.9 Å². The molecule has 6 heteroatoms. The summed E-state index contributed by atoms with van der Waals surface area (Å²) in [4.78, 5) is 29.4. The Morgan fingerprint density at radius 3 is 2.88 bits per heavy atom. The first-order valence-corrected chi connectivity index (χ1v) is 6.11. The van der Waals surface area contributed by atoms with Gasteiger partial charge in [-0.25, -0.2) is 0 Å². The number of guanidine groups is 1. The molecule has 0 bridgehead atoms. The highest BCUT2D eigenvalue weighted by molar-refractivity contribution is 6.15. The van der Waals surface area contributed by atoms with E-state index in [1.54, 1.807) is 0 Å². The lowest BCUT2D eigenvalue weighted by Gasteiger charge is -2.27. The van der Waals surface area contributed by atoms with Crippen molar-refractivity contribution in [3.05, 3.63) is 0 Å². The normalized spacial score (nSPS) is 26.3. The van der Waals surface area contributed by atoms with Crippen molar-refractivity contribution >= 4 is 17.8 Å². The maximum Gasteiger partial charge on any atom is 0.261 e. The summed E-state index contributed by atoms with van der Waals surface area (Å²) in [5, 5.41) is 6.00. The van der Waals surface area contributed by atoms with Crippen molar-refractivity contribution in [2.45, 2.75) is 19.8 Å². The lowest BCUT2D eigenvalue weighted by atomic mass is 10.0. The molecule has 0 aliphatic carbocycles. The first-order valence-electron chi connectivity index (χ1n) is 6.11. The number of rotatable bonds is 1. The van der Waals surface area contributed by atoms with Crippen LogP contribution in [-0.4, -0.2) is 48.9 Å². The molecule has 0 saturated carbocycles. The smallest absolute Gasteiger partial charge is 0.261 e. The van der Waals surface area contributed by atoms with Gasteiger partial charge in [-0.1, -0.05) is 6.92 Å². The summed E-state index contributed by atoms with van der Waals surface area (Å²) in [6.45, 7) is 5.21. The second-order valence-electron chi connectivity index (χ2n) is 4.31. The standard InChI is InChI=1S/C11H18N4O2/c1-2-8-9(16)13-11(14-10(8)17)15-6-3-4-12-5-7-15/h8,12H,2-7H2,1H3,(H,13,14,16,17). The van der Waals surface area contributed by atoms with E-state index in [4.69, 9.17) is 0 Å². The number of nitrogens with one attached hydrogen (secondary N) is 2. The van der Waals surface area contributed by atoms with Crippen molar-refractivity contribution in [1.29, 1.82) is 0 Å². The van der Waals surface area contributed by atoms with Crippen LogP contribution in [0.1, 0.15) is 19.8 Å². The van der Waals surface area contributed by atoms with Crippen LogP contribution in [0.4, 0.5) is 0 Å². The molecule has 6 nitrogen and oxygen atoms in total. The molecular formula is C11H18N4O2. The zero-order chi connectivity index (χ0) is 12.3. The van der Waals surface area contributed by atoms with Gasteiger partial charge in [-0.05, 0) is 19.4 Å². The fourth-order valence-corrected chi connectivity index (χ4v) is 2.09. The molecule has 1 fully saturated rings. The molecule has 2 heterocycles. The van der Waals surface area contributed by atoms with Gasteiger partial charge in [0, 0.05) is 19.6 Å². The third-order valence-electron chi connectivity index (χ3n) is 3.11. The lowest BCUT2D eigenvalue weighted by molar-refractivity contribution is -0.133. The quantitative estimate of drug-likeness (QED) is 0.594. The molecule has 0 aromatic carbocycles. The predicted molar refractivity (Wildman–Crippen MR) is 63.4 cm³/mol. The van der Waals surface area contributed by atoms with Crippen molar-refractivity contribution in [2.24, 2.45) is 10.9 Å². The molecule has 2 aliphatic heterocycles. The SMILES string of the molecule is CCC1C(=O)N=C(N2CCCNCC2)NC1=O. The summed E-state index contributed by atoms with van der Waals surface area (Å²) in [6, 6.07) is 0. The third kappa shape index (κ3) is 2.63. The summed E-state index contributed by atoms with van der Waals surface area (Å²) in [6.07, 6.45) is 1.49. The Hall–Kier alpha value is -1.43. The monoisotopic (exact) mass is 238 g/mol. The van der Waals surface area contributed by atoms with Gasteiger partial charge in [-0.2, -0.15) is 4.99 Å². The highest BCUT2D eigenvalue weighted by Gasteiger charge is 2.32. The van der Waals surface area contributed by atoms with Crippen molar-refractivity contribution in [3.63, 3.8) is 0 Å². The average Bonchev–Trinajstić information content (AvgIpc) is 2.57. The second kappa shape index (κ2) is 5.27. The van der Waals surface area contributed by atoms with Gasteiger partial charge in [0.1, 0.15) is 5.92 Å². The van der Waals surface area contributed by atoms with E-state index in [1.165, 1.54) is 0 Å². The number of amides is 2. The van der Waals surface area contributed by atoms with E-state index in [0.29, 0.717) is 12.4 Å². The molecule has 94 valence electrons. The van der Waals surface area contributed by atoms with Gasteiger partial charge in [-0.15, -0.1) is 0 Å². The molecule has 0 spiro atoms. The second-order valence-corrected chi connectivity index (χ2v) is 4.31. The number of nitrogens with zero attached hydrogens (tertiary/aromatic N) is 2. The lowest BCUT2D eigenvalue weighted by Crippen LogP contribution is -2.52. The Kier molecular flexibility index (Phi) is 3.73. The number of hydrogen-bond donors (Lipinski definition) is 2. The molecule has 1 atom stereocenters. The van der Waals surface area contributed by atoms with Crippen molar-refractivity contribution in [2.75, 3.05) is 26.2 Å². The number of carbonyl (C=O) groups excluding carboxylic acids is 2. The van der Waals surface area contributed by atoms with E-state index < -0.39 is 5.92 Å².